The Labute approximate surface area is 214 Å². The predicted octanol–water partition coefficient (Wildman–Crippen LogP) is 4.85. The summed E-state index contributed by atoms with van der Waals surface area (Å²) in [4.78, 5) is 36.8. The third-order valence-electron chi connectivity index (χ3n) is 7.81. The molecule has 3 amide bonds. The van der Waals surface area contributed by atoms with Gasteiger partial charge in [-0.25, -0.2) is 4.79 Å². The average molecular weight is 505 g/mol. The number of aromatic nitrogens is 1. The van der Waals surface area contributed by atoms with E-state index in [4.69, 9.17) is 11.6 Å². The van der Waals surface area contributed by atoms with Crippen LogP contribution in [0.3, 0.4) is 0 Å². The standard InChI is InChI=1S/C28H29ClN4O3/c1-28-17-22-21-16-19(29)9-10-23(21)30-24(22)25(18-7-5-8-20(34)15-18)33(28)27(36)32(26(28)35)14-6-13-31-11-3-2-4-12-31/h2-3,5,7-10,15-16,25,30,34H,4,6,11-14,17H2,1H3. The highest BCUT2D eigenvalue weighted by atomic mass is 35.5. The van der Waals surface area contributed by atoms with Gasteiger partial charge in [0.15, 0.2) is 0 Å². The monoisotopic (exact) mass is 504 g/mol. The van der Waals surface area contributed by atoms with Gasteiger partial charge >= 0.3 is 6.03 Å². The molecule has 1 fully saturated rings. The van der Waals surface area contributed by atoms with Crippen molar-refractivity contribution >= 4 is 34.4 Å². The van der Waals surface area contributed by atoms with Crippen molar-refractivity contribution in [2.75, 3.05) is 26.2 Å². The molecule has 4 heterocycles. The lowest BCUT2D eigenvalue weighted by Crippen LogP contribution is -2.53. The second kappa shape index (κ2) is 8.68. The average Bonchev–Trinajstić information content (AvgIpc) is 3.30. The zero-order valence-corrected chi connectivity index (χ0v) is 21.0. The predicted molar refractivity (Wildman–Crippen MR) is 139 cm³/mol. The van der Waals surface area contributed by atoms with Crippen LogP contribution in [-0.2, 0) is 11.2 Å². The first kappa shape index (κ1) is 23.1. The number of phenols is 1. The van der Waals surface area contributed by atoms with Crippen LogP contribution >= 0.6 is 11.6 Å². The molecule has 36 heavy (non-hydrogen) atoms. The van der Waals surface area contributed by atoms with Crippen molar-refractivity contribution in [2.45, 2.75) is 37.8 Å². The van der Waals surface area contributed by atoms with E-state index in [9.17, 15) is 14.7 Å². The van der Waals surface area contributed by atoms with Crippen LogP contribution in [-0.4, -0.2) is 68.4 Å². The topological polar surface area (TPSA) is 79.9 Å². The Bertz CT molecular complexity index is 1400. The number of rotatable bonds is 5. The Balaban J connectivity index is 1.39. The Morgan fingerprint density at radius 2 is 2.00 bits per heavy atom. The van der Waals surface area contributed by atoms with E-state index in [-0.39, 0.29) is 17.7 Å². The molecule has 0 aliphatic carbocycles. The van der Waals surface area contributed by atoms with Gasteiger partial charge in [0.2, 0.25) is 0 Å². The van der Waals surface area contributed by atoms with Gasteiger partial charge in [-0.05, 0) is 61.2 Å². The first-order valence-corrected chi connectivity index (χ1v) is 12.9. The number of hydrogen-bond acceptors (Lipinski definition) is 4. The maximum absolute atomic E-state index is 13.9. The van der Waals surface area contributed by atoms with Gasteiger partial charge in [-0.3, -0.25) is 19.5 Å². The number of hydrogen-bond donors (Lipinski definition) is 2. The highest BCUT2D eigenvalue weighted by molar-refractivity contribution is 6.31. The number of carbonyl (C=O) groups is 2. The Hall–Kier alpha value is -3.29. The van der Waals surface area contributed by atoms with Crippen LogP contribution in [0.5, 0.6) is 5.75 Å². The minimum absolute atomic E-state index is 0.117. The molecule has 2 aromatic carbocycles. The number of imide groups is 1. The first-order chi connectivity index (χ1) is 17.4. The van der Waals surface area contributed by atoms with E-state index in [2.05, 4.69) is 22.0 Å². The summed E-state index contributed by atoms with van der Waals surface area (Å²) in [5, 5.41) is 11.8. The van der Waals surface area contributed by atoms with Crippen molar-refractivity contribution in [1.29, 1.82) is 0 Å². The summed E-state index contributed by atoms with van der Waals surface area (Å²) in [6.45, 7) is 5.01. The van der Waals surface area contributed by atoms with Crippen LogP contribution in [0.15, 0.2) is 54.6 Å². The van der Waals surface area contributed by atoms with Crippen molar-refractivity contribution in [2.24, 2.45) is 0 Å². The molecule has 6 rings (SSSR count). The summed E-state index contributed by atoms with van der Waals surface area (Å²) in [5.74, 6) is -0.0517. The lowest BCUT2D eigenvalue weighted by Gasteiger charge is -2.42. The van der Waals surface area contributed by atoms with Gasteiger partial charge in [-0.2, -0.15) is 0 Å². The number of amides is 3. The molecule has 0 saturated carbocycles. The molecule has 3 aliphatic heterocycles. The fourth-order valence-electron chi connectivity index (χ4n) is 6.07. The quantitative estimate of drug-likeness (QED) is 0.384. The Morgan fingerprint density at radius 3 is 2.78 bits per heavy atom. The number of fused-ring (bicyclic) bond motifs is 4. The molecule has 0 radical (unpaired) electrons. The smallest absolute Gasteiger partial charge is 0.328 e. The molecule has 2 N–H and O–H groups in total. The maximum Gasteiger partial charge on any atom is 0.328 e. The van der Waals surface area contributed by atoms with Gasteiger partial charge in [0.05, 0.1) is 0 Å². The fraction of sp³-hybridized carbons (Fsp3) is 0.357. The molecule has 7 nitrogen and oxygen atoms in total. The second-order valence-electron chi connectivity index (χ2n) is 10.2. The lowest BCUT2D eigenvalue weighted by molar-refractivity contribution is -0.133. The van der Waals surface area contributed by atoms with Gasteiger partial charge < -0.3 is 10.1 Å². The third-order valence-corrected chi connectivity index (χ3v) is 8.05. The molecule has 186 valence electrons. The molecule has 2 unspecified atom stereocenters. The summed E-state index contributed by atoms with van der Waals surface area (Å²) in [7, 11) is 0. The zero-order valence-electron chi connectivity index (χ0n) is 20.2. The van der Waals surface area contributed by atoms with E-state index in [1.54, 1.807) is 23.1 Å². The molecule has 8 heteroatoms. The number of nitrogens with zero attached hydrogens (tertiary/aromatic N) is 3. The number of nitrogens with one attached hydrogen (secondary N) is 1. The van der Waals surface area contributed by atoms with Crippen molar-refractivity contribution < 1.29 is 14.7 Å². The van der Waals surface area contributed by atoms with E-state index < -0.39 is 11.6 Å². The fourth-order valence-corrected chi connectivity index (χ4v) is 6.24. The second-order valence-corrected chi connectivity index (χ2v) is 10.6. The number of urea groups is 1. The van der Waals surface area contributed by atoms with Gasteiger partial charge in [-0.15, -0.1) is 0 Å². The number of benzene rings is 2. The molecule has 3 aliphatic rings. The van der Waals surface area contributed by atoms with E-state index in [0.29, 0.717) is 18.0 Å². The van der Waals surface area contributed by atoms with Crippen LogP contribution in [0, 0.1) is 0 Å². The summed E-state index contributed by atoms with van der Waals surface area (Å²) in [6, 6.07) is 11.8. The maximum atomic E-state index is 13.9. The Morgan fingerprint density at radius 1 is 1.14 bits per heavy atom. The number of aromatic hydroxyl groups is 1. The molecule has 2 atom stereocenters. The minimum Gasteiger partial charge on any atom is -0.508 e. The van der Waals surface area contributed by atoms with Crippen molar-refractivity contribution in [3.8, 4) is 5.75 Å². The number of carbonyl (C=O) groups excluding carboxylic acids is 2. The van der Waals surface area contributed by atoms with Crippen LogP contribution in [0.25, 0.3) is 10.9 Å². The molecular weight excluding hydrogens is 476 g/mol. The highest BCUT2D eigenvalue weighted by Gasteiger charge is 2.60. The molecule has 1 aromatic heterocycles. The third kappa shape index (κ3) is 3.61. The largest absolute Gasteiger partial charge is 0.508 e. The van der Waals surface area contributed by atoms with Crippen LogP contribution in [0.2, 0.25) is 5.02 Å². The van der Waals surface area contributed by atoms with Crippen molar-refractivity contribution in [1.82, 2.24) is 19.7 Å². The number of aromatic amines is 1. The summed E-state index contributed by atoms with van der Waals surface area (Å²) < 4.78 is 0. The molecule has 1 saturated heterocycles. The van der Waals surface area contributed by atoms with E-state index >= 15 is 0 Å². The summed E-state index contributed by atoms with van der Waals surface area (Å²) >= 11 is 6.34. The van der Waals surface area contributed by atoms with Gasteiger partial charge in [0.1, 0.15) is 17.3 Å². The van der Waals surface area contributed by atoms with Crippen LogP contribution < -0.4 is 0 Å². The molecule has 3 aromatic rings. The number of H-pyrrole nitrogens is 1. The zero-order chi connectivity index (χ0) is 25.0. The highest BCUT2D eigenvalue weighted by Crippen LogP contribution is 2.49. The molecule has 0 spiro atoms. The summed E-state index contributed by atoms with van der Waals surface area (Å²) in [6.07, 6.45) is 6.53. The Kier molecular flexibility index (Phi) is 5.57. The molecular formula is C28H29ClN4O3. The number of halogens is 1. The van der Waals surface area contributed by atoms with Gasteiger partial charge in [-0.1, -0.05) is 35.9 Å². The summed E-state index contributed by atoms with van der Waals surface area (Å²) in [5.41, 5.74) is 2.47. The van der Waals surface area contributed by atoms with Gasteiger partial charge in [0, 0.05) is 54.2 Å². The first-order valence-electron chi connectivity index (χ1n) is 12.5. The minimum atomic E-state index is -1.04. The van der Waals surface area contributed by atoms with Crippen molar-refractivity contribution in [3.05, 3.63) is 76.5 Å². The SMILES string of the molecule is CC12Cc3c([nH]c4ccc(Cl)cc34)C(c3cccc(O)c3)N1C(=O)N(CCCN1CC=CCC1)C2=O. The van der Waals surface area contributed by atoms with Crippen molar-refractivity contribution in [3.63, 3.8) is 0 Å². The van der Waals surface area contributed by atoms with E-state index in [1.807, 2.05) is 31.2 Å². The lowest BCUT2D eigenvalue weighted by atomic mass is 9.81. The van der Waals surface area contributed by atoms with Crippen LogP contribution in [0.1, 0.15) is 42.6 Å². The van der Waals surface area contributed by atoms with E-state index in [0.717, 1.165) is 60.2 Å². The molecule has 0 bridgehead atoms. The number of phenolic OH excluding ortho intramolecular Hbond substituents is 1. The van der Waals surface area contributed by atoms with E-state index in [1.165, 1.54) is 4.90 Å². The van der Waals surface area contributed by atoms with Crippen LogP contribution in [0.4, 0.5) is 4.79 Å². The normalized spacial score (nSPS) is 24.0. The van der Waals surface area contributed by atoms with Gasteiger partial charge in [0.25, 0.3) is 5.91 Å².